The number of anilines is 1. The molecule has 0 aliphatic heterocycles. The molecule has 2 rings (SSSR count). The molecule has 2 aromatic carbocycles. The molecule has 6 heteroatoms. The summed E-state index contributed by atoms with van der Waals surface area (Å²) in [5.74, 6) is 0.719. The highest BCUT2D eigenvalue weighted by atomic mass is 32.2. The molecule has 144 valence electrons. The first-order valence-electron chi connectivity index (χ1n) is 8.82. The number of para-hydroxylation sites is 1. The molecule has 2 atom stereocenters. The number of methoxy groups -OCH3 is 1. The van der Waals surface area contributed by atoms with Crippen molar-refractivity contribution in [2.75, 3.05) is 18.2 Å². The molecule has 2 amide bonds. The third-order valence-corrected chi connectivity index (χ3v) is 5.28. The van der Waals surface area contributed by atoms with Gasteiger partial charge in [-0.3, -0.25) is 9.59 Å². The van der Waals surface area contributed by atoms with Gasteiger partial charge in [-0.2, -0.15) is 0 Å². The third-order valence-electron chi connectivity index (χ3n) is 4.13. The Balaban J connectivity index is 1.82. The zero-order chi connectivity index (χ0) is 19.8. The van der Waals surface area contributed by atoms with E-state index in [9.17, 15) is 9.59 Å². The van der Waals surface area contributed by atoms with Crippen LogP contribution in [0.5, 0.6) is 5.75 Å². The second-order valence-electron chi connectivity index (χ2n) is 6.34. The number of carbonyl (C=O) groups excluding carboxylic acids is 2. The number of nitrogens with one attached hydrogen (secondary N) is 2. The molecular formula is C21H26N2O3S. The highest BCUT2D eigenvalue weighted by Gasteiger charge is 2.19. The van der Waals surface area contributed by atoms with Crippen LogP contribution in [-0.4, -0.2) is 29.9 Å². The normalized spacial score (nSPS) is 12.7. The fourth-order valence-electron chi connectivity index (χ4n) is 2.54. The van der Waals surface area contributed by atoms with Gasteiger partial charge in [-0.25, -0.2) is 0 Å². The van der Waals surface area contributed by atoms with Crippen molar-refractivity contribution >= 4 is 29.3 Å². The highest BCUT2D eigenvalue weighted by molar-refractivity contribution is 8.01. The van der Waals surface area contributed by atoms with Gasteiger partial charge in [0.15, 0.2) is 0 Å². The zero-order valence-electron chi connectivity index (χ0n) is 16.1. The Morgan fingerprint density at radius 3 is 2.41 bits per heavy atom. The molecule has 0 radical (unpaired) electrons. The lowest BCUT2D eigenvalue weighted by Crippen LogP contribution is -2.34. The lowest BCUT2D eigenvalue weighted by molar-refractivity contribution is -0.120. The van der Waals surface area contributed by atoms with Gasteiger partial charge in [0.05, 0.1) is 24.2 Å². The maximum atomic E-state index is 12.4. The molecular weight excluding hydrogens is 360 g/mol. The minimum Gasteiger partial charge on any atom is -0.496 e. The summed E-state index contributed by atoms with van der Waals surface area (Å²) in [5, 5.41) is 5.47. The topological polar surface area (TPSA) is 67.4 Å². The second kappa shape index (κ2) is 10.0. The van der Waals surface area contributed by atoms with Crippen LogP contribution >= 0.6 is 11.8 Å². The van der Waals surface area contributed by atoms with Crippen LogP contribution in [-0.2, 0) is 9.59 Å². The van der Waals surface area contributed by atoms with E-state index >= 15 is 0 Å². The van der Waals surface area contributed by atoms with Gasteiger partial charge in [0, 0.05) is 11.3 Å². The molecule has 0 heterocycles. The fourth-order valence-corrected chi connectivity index (χ4v) is 3.24. The van der Waals surface area contributed by atoms with E-state index in [-0.39, 0.29) is 28.9 Å². The molecule has 2 N–H and O–H groups in total. The average molecular weight is 387 g/mol. The van der Waals surface area contributed by atoms with Gasteiger partial charge in [-0.15, -0.1) is 11.8 Å². The van der Waals surface area contributed by atoms with Crippen LogP contribution in [0, 0.1) is 6.92 Å². The maximum Gasteiger partial charge on any atom is 0.234 e. The molecule has 0 aromatic heterocycles. The van der Waals surface area contributed by atoms with Crippen LogP contribution in [0.15, 0.2) is 48.5 Å². The van der Waals surface area contributed by atoms with Crippen LogP contribution in [0.1, 0.15) is 31.0 Å². The predicted octanol–water partition coefficient (Wildman–Crippen LogP) is 3.94. The summed E-state index contributed by atoms with van der Waals surface area (Å²) in [7, 11) is 1.61. The Kier molecular flexibility index (Phi) is 7.73. The van der Waals surface area contributed by atoms with Crippen LogP contribution in [0.25, 0.3) is 0 Å². The van der Waals surface area contributed by atoms with Crippen molar-refractivity contribution in [3.63, 3.8) is 0 Å². The number of benzene rings is 2. The summed E-state index contributed by atoms with van der Waals surface area (Å²) in [6.07, 6.45) is 0. The molecule has 0 saturated heterocycles. The predicted molar refractivity (Wildman–Crippen MR) is 111 cm³/mol. The Bertz CT molecular complexity index is 777. The Morgan fingerprint density at radius 2 is 1.74 bits per heavy atom. The quantitative estimate of drug-likeness (QED) is 0.721. The van der Waals surface area contributed by atoms with Gasteiger partial charge in [0.25, 0.3) is 0 Å². The molecule has 27 heavy (non-hydrogen) atoms. The van der Waals surface area contributed by atoms with Crippen LogP contribution in [0.2, 0.25) is 0 Å². The van der Waals surface area contributed by atoms with E-state index in [0.717, 1.165) is 22.6 Å². The molecule has 0 aliphatic carbocycles. The molecule has 0 saturated carbocycles. The molecule has 2 aromatic rings. The lowest BCUT2D eigenvalue weighted by atomic mass is 10.1. The van der Waals surface area contributed by atoms with E-state index in [4.69, 9.17) is 4.74 Å². The van der Waals surface area contributed by atoms with Gasteiger partial charge >= 0.3 is 0 Å². The molecule has 0 spiro atoms. The largest absolute Gasteiger partial charge is 0.496 e. The number of rotatable bonds is 8. The van der Waals surface area contributed by atoms with Crippen molar-refractivity contribution in [2.45, 2.75) is 32.1 Å². The van der Waals surface area contributed by atoms with Crippen molar-refractivity contribution in [3.8, 4) is 5.75 Å². The first-order valence-corrected chi connectivity index (χ1v) is 9.87. The van der Waals surface area contributed by atoms with Crippen LogP contribution in [0.4, 0.5) is 5.69 Å². The van der Waals surface area contributed by atoms with Gasteiger partial charge in [-0.1, -0.05) is 35.9 Å². The van der Waals surface area contributed by atoms with E-state index < -0.39 is 0 Å². The maximum absolute atomic E-state index is 12.4. The molecule has 2 unspecified atom stereocenters. The molecule has 0 bridgehead atoms. The summed E-state index contributed by atoms with van der Waals surface area (Å²) in [4.78, 5) is 24.5. The third kappa shape index (κ3) is 6.32. The number of amides is 2. The lowest BCUT2D eigenvalue weighted by Gasteiger charge is -2.19. The standard InChI is InChI=1S/C21H26N2O3S/c1-14-9-11-17(12-10-14)23-20(24)13-27-16(3)21(25)22-15(2)18-7-5-6-8-19(18)26-4/h5-12,15-16H,13H2,1-4H3,(H,22,25)(H,23,24). The number of ether oxygens (including phenoxy) is 1. The Labute approximate surface area is 164 Å². The fraction of sp³-hybridized carbons (Fsp3) is 0.333. The summed E-state index contributed by atoms with van der Waals surface area (Å²) in [6.45, 7) is 5.71. The second-order valence-corrected chi connectivity index (χ2v) is 7.67. The first kappa shape index (κ1) is 20.8. The smallest absolute Gasteiger partial charge is 0.234 e. The van der Waals surface area contributed by atoms with E-state index in [1.807, 2.05) is 62.4 Å². The summed E-state index contributed by atoms with van der Waals surface area (Å²) >= 11 is 1.31. The van der Waals surface area contributed by atoms with Crippen molar-refractivity contribution < 1.29 is 14.3 Å². The Morgan fingerprint density at radius 1 is 1.07 bits per heavy atom. The van der Waals surface area contributed by atoms with E-state index in [0.29, 0.717) is 0 Å². The number of hydrogen-bond donors (Lipinski definition) is 2. The number of carbonyl (C=O) groups is 2. The number of hydrogen-bond acceptors (Lipinski definition) is 4. The SMILES string of the molecule is COc1ccccc1C(C)NC(=O)C(C)SCC(=O)Nc1ccc(C)cc1. The van der Waals surface area contributed by atoms with Gasteiger partial charge in [-0.05, 0) is 39.0 Å². The van der Waals surface area contributed by atoms with E-state index in [2.05, 4.69) is 10.6 Å². The summed E-state index contributed by atoms with van der Waals surface area (Å²) in [5.41, 5.74) is 2.81. The Hall–Kier alpha value is -2.47. The average Bonchev–Trinajstić information content (AvgIpc) is 2.67. The van der Waals surface area contributed by atoms with Gasteiger partial charge in [0.1, 0.15) is 5.75 Å². The van der Waals surface area contributed by atoms with Gasteiger partial charge < -0.3 is 15.4 Å². The summed E-state index contributed by atoms with van der Waals surface area (Å²) in [6, 6.07) is 15.0. The van der Waals surface area contributed by atoms with E-state index in [1.165, 1.54) is 11.8 Å². The number of thioether (sulfide) groups is 1. The van der Waals surface area contributed by atoms with Crippen LogP contribution < -0.4 is 15.4 Å². The number of aryl methyl sites for hydroxylation is 1. The highest BCUT2D eigenvalue weighted by Crippen LogP contribution is 2.25. The van der Waals surface area contributed by atoms with Crippen molar-refractivity contribution in [3.05, 3.63) is 59.7 Å². The van der Waals surface area contributed by atoms with E-state index in [1.54, 1.807) is 14.0 Å². The van der Waals surface area contributed by atoms with Crippen molar-refractivity contribution in [2.24, 2.45) is 0 Å². The van der Waals surface area contributed by atoms with Crippen molar-refractivity contribution in [1.82, 2.24) is 5.32 Å². The van der Waals surface area contributed by atoms with Gasteiger partial charge in [0.2, 0.25) is 11.8 Å². The van der Waals surface area contributed by atoms with Crippen LogP contribution in [0.3, 0.4) is 0 Å². The molecule has 5 nitrogen and oxygen atoms in total. The van der Waals surface area contributed by atoms with Crippen molar-refractivity contribution in [1.29, 1.82) is 0 Å². The minimum atomic E-state index is -0.342. The molecule has 0 fully saturated rings. The monoisotopic (exact) mass is 386 g/mol. The zero-order valence-corrected chi connectivity index (χ0v) is 16.9. The minimum absolute atomic E-state index is 0.110. The first-order chi connectivity index (χ1) is 12.9. The molecule has 0 aliphatic rings. The summed E-state index contributed by atoms with van der Waals surface area (Å²) < 4.78 is 5.34.